The Morgan fingerprint density at radius 3 is 2.70 bits per heavy atom. The number of hydrogen-bond acceptors (Lipinski definition) is 5. The molecule has 9 heteroatoms. The summed E-state index contributed by atoms with van der Waals surface area (Å²) in [6.07, 6.45) is 4.67. The Kier molecular flexibility index (Phi) is 3.88. The zero-order valence-corrected chi connectivity index (χ0v) is 14.3. The van der Waals surface area contributed by atoms with E-state index in [4.69, 9.17) is 5.73 Å². The number of amides is 2. The van der Waals surface area contributed by atoms with Gasteiger partial charge in [-0.25, -0.2) is 9.97 Å². The number of benzene rings is 1. The van der Waals surface area contributed by atoms with Crippen molar-refractivity contribution in [2.45, 2.75) is 0 Å². The highest BCUT2D eigenvalue weighted by atomic mass is 16.2. The molecule has 0 saturated heterocycles. The standard InChI is InChI=1S/C18H15N7O2/c1-24-16(12(8-21-24)17(19)26)18(27)23-14-7-15-22-13(9-25(15)10-20-14)11-5-3-2-4-6-11/h2-10H,1H3,(H2,19,26)(H,23,27). The topological polar surface area (TPSA) is 120 Å². The molecule has 0 bridgehead atoms. The molecule has 2 amide bonds. The van der Waals surface area contributed by atoms with Crippen LogP contribution in [0.1, 0.15) is 20.8 Å². The third-order valence-electron chi connectivity index (χ3n) is 4.08. The highest BCUT2D eigenvalue weighted by Crippen LogP contribution is 2.20. The number of fused-ring (bicyclic) bond motifs is 1. The first-order chi connectivity index (χ1) is 13.0. The van der Waals surface area contributed by atoms with E-state index < -0.39 is 11.8 Å². The maximum atomic E-state index is 12.5. The molecular weight excluding hydrogens is 346 g/mol. The van der Waals surface area contributed by atoms with E-state index in [1.54, 1.807) is 23.8 Å². The number of carbonyl (C=O) groups is 2. The van der Waals surface area contributed by atoms with Crippen molar-refractivity contribution in [1.82, 2.24) is 24.1 Å². The van der Waals surface area contributed by atoms with E-state index in [1.165, 1.54) is 10.9 Å². The average molecular weight is 361 g/mol. The summed E-state index contributed by atoms with van der Waals surface area (Å²) in [5, 5.41) is 6.56. The summed E-state index contributed by atoms with van der Waals surface area (Å²) in [7, 11) is 1.55. The zero-order valence-electron chi connectivity index (χ0n) is 14.3. The van der Waals surface area contributed by atoms with E-state index in [-0.39, 0.29) is 11.3 Å². The lowest BCUT2D eigenvalue weighted by atomic mass is 10.2. The monoisotopic (exact) mass is 361 g/mol. The molecule has 0 atom stereocenters. The smallest absolute Gasteiger partial charge is 0.275 e. The van der Waals surface area contributed by atoms with Crippen LogP contribution in [0, 0.1) is 0 Å². The highest BCUT2D eigenvalue weighted by Gasteiger charge is 2.21. The number of nitrogens with two attached hydrogens (primary N) is 1. The lowest BCUT2D eigenvalue weighted by Gasteiger charge is -2.06. The molecule has 0 aliphatic heterocycles. The third kappa shape index (κ3) is 3.01. The highest BCUT2D eigenvalue weighted by molar-refractivity contribution is 6.10. The fraction of sp³-hybridized carbons (Fsp3) is 0.0556. The Morgan fingerprint density at radius 2 is 1.96 bits per heavy atom. The van der Waals surface area contributed by atoms with Crippen molar-refractivity contribution in [3.63, 3.8) is 0 Å². The largest absolute Gasteiger partial charge is 0.365 e. The summed E-state index contributed by atoms with van der Waals surface area (Å²) in [5.41, 5.74) is 7.80. The van der Waals surface area contributed by atoms with Crippen LogP contribution in [0.2, 0.25) is 0 Å². The average Bonchev–Trinajstić information content (AvgIpc) is 3.25. The molecule has 1 aromatic carbocycles. The molecule has 0 saturated carbocycles. The van der Waals surface area contributed by atoms with E-state index >= 15 is 0 Å². The van der Waals surface area contributed by atoms with Crippen molar-refractivity contribution >= 4 is 23.3 Å². The summed E-state index contributed by atoms with van der Waals surface area (Å²) >= 11 is 0. The molecule has 3 heterocycles. The summed E-state index contributed by atoms with van der Waals surface area (Å²) < 4.78 is 3.05. The van der Waals surface area contributed by atoms with Gasteiger partial charge in [-0.2, -0.15) is 5.10 Å². The second-order valence-electron chi connectivity index (χ2n) is 5.88. The van der Waals surface area contributed by atoms with Crippen LogP contribution >= 0.6 is 0 Å². The first kappa shape index (κ1) is 16.5. The van der Waals surface area contributed by atoms with Gasteiger partial charge in [0.15, 0.2) is 0 Å². The molecule has 0 aliphatic carbocycles. The fourth-order valence-corrected chi connectivity index (χ4v) is 2.77. The number of imidazole rings is 1. The minimum atomic E-state index is -0.725. The molecule has 3 N–H and O–H groups in total. The summed E-state index contributed by atoms with van der Waals surface area (Å²) in [6.45, 7) is 0. The van der Waals surface area contributed by atoms with Gasteiger partial charge >= 0.3 is 0 Å². The lowest BCUT2D eigenvalue weighted by molar-refractivity contribution is 0.0973. The third-order valence-corrected chi connectivity index (χ3v) is 4.08. The van der Waals surface area contributed by atoms with Gasteiger partial charge in [-0.3, -0.25) is 18.7 Å². The van der Waals surface area contributed by atoms with E-state index in [0.717, 1.165) is 11.3 Å². The van der Waals surface area contributed by atoms with Crippen LogP contribution in [0.25, 0.3) is 16.9 Å². The number of rotatable bonds is 4. The first-order valence-corrected chi connectivity index (χ1v) is 8.06. The summed E-state index contributed by atoms with van der Waals surface area (Å²) in [6, 6.07) is 11.4. The number of primary amides is 1. The zero-order chi connectivity index (χ0) is 19.0. The molecule has 27 heavy (non-hydrogen) atoms. The number of anilines is 1. The normalized spacial score (nSPS) is 10.9. The Morgan fingerprint density at radius 1 is 1.19 bits per heavy atom. The van der Waals surface area contributed by atoms with Gasteiger partial charge in [-0.05, 0) is 0 Å². The van der Waals surface area contributed by atoms with Crippen LogP contribution in [-0.4, -0.2) is 36.0 Å². The van der Waals surface area contributed by atoms with Crippen molar-refractivity contribution in [1.29, 1.82) is 0 Å². The van der Waals surface area contributed by atoms with Crippen molar-refractivity contribution in [3.8, 4) is 11.3 Å². The quantitative estimate of drug-likeness (QED) is 0.570. The second-order valence-corrected chi connectivity index (χ2v) is 5.88. The number of hydrogen-bond donors (Lipinski definition) is 2. The van der Waals surface area contributed by atoms with Crippen molar-refractivity contribution in [2.24, 2.45) is 12.8 Å². The van der Waals surface area contributed by atoms with E-state index in [2.05, 4.69) is 20.4 Å². The number of aromatic nitrogens is 5. The van der Waals surface area contributed by atoms with E-state index in [1.807, 2.05) is 36.5 Å². The lowest BCUT2D eigenvalue weighted by Crippen LogP contribution is -2.22. The van der Waals surface area contributed by atoms with E-state index in [0.29, 0.717) is 11.5 Å². The molecule has 3 aromatic heterocycles. The van der Waals surface area contributed by atoms with Crippen LogP contribution in [0.15, 0.2) is 55.1 Å². The van der Waals surface area contributed by atoms with Gasteiger partial charge in [-0.1, -0.05) is 30.3 Å². The fourth-order valence-electron chi connectivity index (χ4n) is 2.77. The maximum absolute atomic E-state index is 12.5. The van der Waals surface area contributed by atoms with Gasteiger partial charge in [0.25, 0.3) is 11.8 Å². The van der Waals surface area contributed by atoms with Crippen LogP contribution in [0.4, 0.5) is 5.82 Å². The molecule has 0 aliphatic rings. The van der Waals surface area contributed by atoms with Gasteiger partial charge in [0.1, 0.15) is 23.5 Å². The van der Waals surface area contributed by atoms with E-state index in [9.17, 15) is 9.59 Å². The summed E-state index contributed by atoms with van der Waals surface area (Å²) in [4.78, 5) is 32.8. The molecule has 0 unspecified atom stereocenters. The number of carbonyl (C=O) groups excluding carboxylic acids is 2. The molecule has 0 radical (unpaired) electrons. The first-order valence-electron chi connectivity index (χ1n) is 8.06. The maximum Gasteiger partial charge on any atom is 0.275 e. The van der Waals surface area contributed by atoms with Gasteiger partial charge in [-0.15, -0.1) is 0 Å². The van der Waals surface area contributed by atoms with Gasteiger partial charge in [0, 0.05) is 24.9 Å². The molecule has 134 valence electrons. The van der Waals surface area contributed by atoms with Gasteiger partial charge in [0.05, 0.1) is 17.5 Å². The second kappa shape index (κ2) is 6.37. The van der Waals surface area contributed by atoms with Gasteiger partial charge < -0.3 is 11.1 Å². The Bertz CT molecular complexity index is 1160. The van der Waals surface area contributed by atoms with Crippen LogP contribution < -0.4 is 11.1 Å². The molecule has 4 rings (SSSR count). The molecule has 4 aromatic rings. The number of nitrogens with zero attached hydrogens (tertiary/aromatic N) is 5. The molecule has 0 fully saturated rings. The Balaban J connectivity index is 1.64. The van der Waals surface area contributed by atoms with Crippen molar-refractivity contribution in [2.75, 3.05) is 5.32 Å². The van der Waals surface area contributed by atoms with Crippen LogP contribution in [0.3, 0.4) is 0 Å². The summed E-state index contributed by atoms with van der Waals surface area (Å²) in [5.74, 6) is -0.956. The Labute approximate surface area is 153 Å². The van der Waals surface area contributed by atoms with Crippen LogP contribution in [-0.2, 0) is 7.05 Å². The Hall–Kier alpha value is -4.01. The van der Waals surface area contributed by atoms with Crippen LogP contribution in [0.5, 0.6) is 0 Å². The predicted molar refractivity (Wildman–Crippen MR) is 98.1 cm³/mol. The molecule has 9 nitrogen and oxygen atoms in total. The van der Waals surface area contributed by atoms with Crippen molar-refractivity contribution < 1.29 is 9.59 Å². The predicted octanol–water partition coefficient (Wildman–Crippen LogP) is 1.48. The SMILES string of the molecule is Cn1ncc(C(N)=O)c1C(=O)Nc1cc2nc(-c3ccccc3)cn2cn1. The minimum absolute atomic E-state index is 0.0447. The molecule has 0 spiro atoms. The minimum Gasteiger partial charge on any atom is -0.365 e. The number of nitrogens with one attached hydrogen (secondary N) is 1. The number of aryl methyl sites for hydroxylation is 1. The molecular formula is C18H15N7O2. The van der Waals surface area contributed by atoms with Crippen molar-refractivity contribution in [3.05, 3.63) is 66.4 Å². The van der Waals surface area contributed by atoms with Gasteiger partial charge in [0.2, 0.25) is 0 Å².